The van der Waals surface area contributed by atoms with Crippen molar-refractivity contribution in [1.29, 1.82) is 0 Å². The van der Waals surface area contributed by atoms with Gasteiger partial charge in [-0.15, -0.1) is 0 Å². The van der Waals surface area contributed by atoms with Crippen molar-refractivity contribution in [2.24, 2.45) is 0 Å². The minimum Gasteiger partial charge on any atom is -0.422 e. The number of rotatable bonds is 4. The summed E-state index contributed by atoms with van der Waals surface area (Å²) >= 11 is 17.7. The van der Waals surface area contributed by atoms with Gasteiger partial charge in [0.15, 0.2) is 5.75 Å². The summed E-state index contributed by atoms with van der Waals surface area (Å²) in [5.74, 6) is -0.388. The fourth-order valence-electron chi connectivity index (χ4n) is 1.77. The molecular weight excluding hydrogens is 357 g/mol. The van der Waals surface area contributed by atoms with E-state index in [0.717, 1.165) is 11.3 Å². The standard InChI is InChI=1S/C17H14Cl3NO2/c1-21(2)12-6-3-11(4-7-12)5-8-17(22)23-16-10-14(19)13(18)9-15(16)20/h3-10H,1-2H3/b8-5+. The van der Waals surface area contributed by atoms with E-state index in [1.165, 1.54) is 18.2 Å². The molecule has 2 aromatic carbocycles. The van der Waals surface area contributed by atoms with Crippen molar-refractivity contribution in [1.82, 2.24) is 0 Å². The van der Waals surface area contributed by atoms with E-state index in [-0.39, 0.29) is 15.8 Å². The molecule has 0 N–H and O–H groups in total. The predicted molar refractivity (Wildman–Crippen MR) is 96.9 cm³/mol. The van der Waals surface area contributed by atoms with Crippen LogP contribution in [0.3, 0.4) is 0 Å². The zero-order chi connectivity index (χ0) is 17.0. The first-order valence-corrected chi connectivity index (χ1v) is 7.82. The van der Waals surface area contributed by atoms with E-state index < -0.39 is 5.97 Å². The van der Waals surface area contributed by atoms with Crippen molar-refractivity contribution >= 4 is 52.5 Å². The highest BCUT2D eigenvalue weighted by molar-refractivity contribution is 6.43. The van der Waals surface area contributed by atoms with Gasteiger partial charge in [-0.2, -0.15) is 0 Å². The van der Waals surface area contributed by atoms with E-state index in [1.807, 2.05) is 43.3 Å². The van der Waals surface area contributed by atoms with Crippen molar-refractivity contribution in [2.45, 2.75) is 0 Å². The summed E-state index contributed by atoms with van der Waals surface area (Å²) in [5.41, 5.74) is 1.96. The molecule has 120 valence electrons. The molecule has 0 amide bonds. The summed E-state index contributed by atoms with van der Waals surface area (Å²) < 4.78 is 5.16. The van der Waals surface area contributed by atoms with Gasteiger partial charge in [0.2, 0.25) is 0 Å². The van der Waals surface area contributed by atoms with Crippen LogP contribution in [0.25, 0.3) is 6.08 Å². The molecule has 2 rings (SSSR count). The molecule has 3 nitrogen and oxygen atoms in total. The van der Waals surface area contributed by atoms with Gasteiger partial charge in [0, 0.05) is 31.9 Å². The third-order valence-corrected chi connectivity index (χ3v) is 4.02. The second-order valence-corrected chi connectivity index (χ2v) is 6.16. The highest BCUT2D eigenvalue weighted by atomic mass is 35.5. The van der Waals surface area contributed by atoms with E-state index >= 15 is 0 Å². The molecule has 0 saturated heterocycles. The Balaban J connectivity index is 2.06. The molecule has 6 heteroatoms. The number of esters is 1. The van der Waals surface area contributed by atoms with E-state index in [2.05, 4.69) is 0 Å². The van der Waals surface area contributed by atoms with E-state index in [9.17, 15) is 4.79 Å². The zero-order valence-corrected chi connectivity index (χ0v) is 14.8. The lowest BCUT2D eigenvalue weighted by molar-refractivity contribution is -0.128. The molecule has 0 aliphatic rings. The van der Waals surface area contributed by atoms with E-state index in [1.54, 1.807) is 6.08 Å². The van der Waals surface area contributed by atoms with Crippen LogP contribution in [0.5, 0.6) is 5.75 Å². The molecule has 0 saturated carbocycles. The Kier molecular flexibility index (Phi) is 5.94. The summed E-state index contributed by atoms with van der Waals surface area (Å²) in [7, 11) is 3.92. The fraction of sp³-hybridized carbons (Fsp3) is 0.118. The highest BCUT2D eigenvalue weighted by Gasteiger charge is 2.09. The maximum absolute atomic E-state index is 11.9. The number of hydrogen-bond acceptors (Lipinski definition) is 3. The van der Waals surface area contributed by atoms with Crippen LogP contribution in [-0.2, 0) is 4.79 Å². The van der Waals surface area contributed by atoms with Gasteiger partial charge in [0.05, 0.1) is 15.1 Å². The quantitative estimate of drug-likeness (QED) is 0.315. The van der Waals surface area contributed by atoms with Gasteiger partial charge >= 0.3 is 5.97 Å². The molecular formula is C17H14Cl3NO2. The smallest absolute Gasteiger partial charge is 0.336 e. The molecule has 0 atom stereocenters. The average molecular weight is 371 g/mol. The number of carbonyl (C=O) groups is 1. The van der Waals surface area contributed by atoms with Gasteiger partial charge in [-0.05, 0) is 29.8 Å². The van der Waals surface area contributed by atoms with Crippen molar-refractivity contribution in [3.8, 4) is 5.75 Å². The Morgan fingerprint density at radius 3 is 2.22 bits per heavy atom. The Labute approximate surface area is 150 Å². The molecule has 23 heavy (non-hydrogen) atoms. The Bertz CT molecular complexity index is 740. The average Bonchev–Trinajstić information content (AvgIpc) is 2.51. The van der Waals surface area contributed by atoms with Crippen molar-refractivity contribution < 1.29 is 9.53 Å². The fourth-order valence-corrected chi connectivity index (χ4v) is 2.35. The van der Waals surface area contributed by atoms with Crippen LogP contribution in [0.4, 0.5) is 5.69 Å². The minimum atomic E-state index is -0.554. The molecule has 0 heterocycles. The molecule has 0 unspecified atom stereocenters. The molecule has 0 radical (unpaired) electrons. The topological polar surface area (TPSA) is 29.5 Å². The first-order valence-electron chi connectivity index (χ1n) is 6.68. The van der Waals surface area contributed by atoms with Crippen LogP contribution in [-0.4, -0.2) is 20.1 Å². The minimum absolute atomic E-state index is 0.165. The summed E-state index contributed by atoms with van der Waals surface area (Å²) in [5, 5.41) is 0.784. The first-order chi connectivity index (χ1) is 10.9. The summed E-state index contributed by atoms with van der Waals surface area (Å²) in [6.07, 6.45) is 2.98. The van der Waals surface area contributed by atoms with E-state index in [0.29, 0.717) is 5.02 Å². The SMILES string of the molecule is CN(C)c1ccc(/C=C/C(=O)Oc2cc(Cl)c(Cl)cc2Cl)cc1. The number of nitrogens with zero attached hydrogens (tertiary/aromatic N) is 1. The Morgan fingerprint density at radius 2 is 1.61 bits per heavy atom. The lowest BCUT2D eigenvalue weighted by Gasteiger charge is -2.11. The number of hydrogen-bond donors (Lipinski definition) is 0. The normalized spacial score (nSPS) is 10.8. The van der Waals surface area contributed by atoms with Crippen LogP contribution in [0.1, 0.15) is 5.56 Å². The number of carbonyl (C=O) groups excluding carboxylic acids is 1. The molecule has 0 aromatic heterocycles. The van der Waals surface area contributed by atoms with Gasteiger partial charge in [-0.3, -0.25) is 0 Å². The van der Waals surface area contributed by atoms with Gasteiger partial charge in [-0.25, -0.2) is 4.79 Å². The summed E-state index contributed by atoms with van der Waals surface area (Å²) in [6, 6.07) is 10.6. The first kappa shape index (κ1) is 17.7. The van der Waals surface area contributed by atoms with Crippen LogP contribution in [0.15, 0.2) is 42.5 Å². The van der Waals surface area contributed by atoms with Crippen molar-refractivity contribution in [2.75, 3.05) is 19.0 Å². The van der Waals surface area contributed by atoms with Crippen LogP contribution in [0, 0.1) is 0 Å². The van der Waals surface area contributed by atoms with Crippen LogP contribution in [0.2, 0.25) is 15.1 Å². The van der Waals surface area contributed by atoms with E-state index in [4.69, 9.17) is 39.5 Å². The van der Waals surface area contributed by atoms with Gasteiger partial charge in [0.25, 0.3) is 0 Å². The second-order valence-electron chi connectivity index (χ2n) is 4.94. The molecule has 0 bridgehead atoms. The number of anilines is 1. The molecule has 0 aliphatic heterocycles. The summed E-state index contributed by atoms with van der Waals surface area (Å²) in [4.78, 5) is 13.9. The monoisotopic (exact) mass is 369 g/mol. The Morgan fingerprint density at radius 1 is 1.00 bits per heavy atom. The molecule has 0 spiro atoms. The van der Waals surface area contributed by atoms with Crippen molar-refractivity contribution in [3.05, 3.63) is 63.1 Å². The summed E-state index contributed by atoms with van der Waals surface area (Å²) in [6.45, 7) is 0. The third kappa shape index (κ3) is 4.90. The predicted octanol–water partition coefficient (Wildman–Crippen LogP) is 5.33. The zero-order valence-electron chi connectivity index (χ0n) is 12.5. The molecule has 2 aromatic rings. The van der Waals surface area contributed by atoms with Crippen LogP contribution >= 0.6 is 34.8 Å². The number of ether oxygens (including phenoxy) is 1. The molecule has 0 fully saturated rings. The lowest BCUT2D eigenvalue weighted by Crippen LogP contribution is -2.08. The van der Waals surface area contributed by atoms with Crippen LogP contribution < -0.4 is 9.64 Å². The number of benzene rings is 2. The maximum atomic E-state index is 11.9. The third-order valence-electron chi connectivity index (χ3n) is 3.01. The maximum Gasteiger partial charge on any atom is 0.336 e. The van der Waals surface area contributed by atoms with Gasteiger partial charge in [-0.1, -0.05) is 46.9 Å². The Hall–Kier alpha value is -1.68. The largest absolute Gasteiger partial charge is 0.422 e. The highest BCUT2D eigenvalue weighted by Crippen LogP contribution is 2.33. The molecule has 0 aliphatic carbocycles. The second kappa shape index (κ2) is 7.73. The number of halogens is 3. The van der Waals surface area contributed by atoms with Crippen molar-refractivity contribution in [3.63, 3.8) is 0 Å². The van der Waals surface area contributed by atoms with Gasteiger partial charge in [0.1, 0.15) is 0 Å². The van der Waals surface area contributed by atoms with Gasteiger partial charge < -0.3 is 9.64 Å². The lowest BCUT2D eigenvalue weighted by atomic mass is 10.2.